The molecule has 0 saturated heterocycles. The number of carbonyl (C=O) groups is 2. The molecule has 0 aliphatic carbocycles. The van der Waals surface area contributed by atoms with Crippen LogP contribution in [0.25, 0.3) is 0 Å². The van der Waals surface area contributed by atoms with Crippen LogP contribution in [0.5, 0.6) is 0 Å². The van der Waals surface area contributed by atoms with E-state index in [4.69, 9.17) is 11.5 Å². The van der Waals surface area contributed by atoms with Crippen molar-refractivity contribution < 1.29 is 14.7 Å². The Labute approximate surface area is 108 Å². The molecule has 0 atom stereocenters. The molecule has 0 saturated carbocycles. The highest BCUT2D eigenvalue weighted by atomic mass is 16.4. The first-order chi connectivity index (χ1) is 8.38. The highest BCUT2D eigenvalue weighted by Gasteiger charge is 2.19. The van der Waals surface area contributed by atoms with Gasteiger partial charge < -0.3 is 19.8 Å². The lowest BCUT2D eigenvalue weighted by atomic mass is 10.4. The van der Waals surface area contributed by atoms with Gasteiger partial charge in [-0.1, -0.05) is 5.92 Å². The molecule has 0 rings (SSSR count). The first-order valence-corrected chi connectivity index (χ1v) is 5.68. The maximum absolute atomic E-state index is 11.9. The van der Waals surface area contributed by atoms with Crippen molar-refractivity contribution in [2.24, 2.45) is 0 Å². The number of aliphatic carboxylic acids is 1. The maximum atomic E-state index is 11.9. The van der Waals surface area contributed by atoms with Crippen LogP contribution in [-0.2, 0) is 4.79 Å². The van der Waals surface area contributed by atoms with E-state index < -0.39 is 5.97 Å². The van der Waals surface area contributed by atoms with Gasteiger partial charge in [0.05, 0.1) is 6.54 Å². The minimum atomic E-state index is -1.07. The largest absolute Gasteiger partial charge is 0.480 e. The Morgan fingerprint density at radius 3 is 2.28 bits per heavy atom. The lowest BCUT2D eigenvalue weighted by Gasteiger charge is -2.25. The van der Waals surface area contributed by atoms with Crippen molar-refractivity contribution in [2.75, 3.05) is 47.3 Å². The Bertz CT molecular complexity index is 323. The Kier molecular flexibility index (Phi) is 7.56. The fourth-order valence-electron chi connectivity index (χ4n) is 1.43. The fourth-order valence-corrected chi connectivity index (χ4v) is 1.43. The quantitative estimate of drug-likeness (QED) is 0.651. The zero-order valence-electron chi connectivity index (χ0n) is 11.2. The van der Waals surface area contributed by atoms with Gasteiger partial charge in [0.25, 0.3) is 0 Å². The zero-order chi connectivity index (χ0) is 14.1. The van der Waals surface area contributed by atoms with Gasteiger partial charge in [-0.25, -0.2) is 4.79 Å². The summed E-state index contributed by atoms with van der Waals surface area (Å²) >= 11 is 0. The van der Waals surface area contributed by atoms with Crippen LogP contribution in [0, 0.1) is 12.3 Å². The molecule has 6 nitrogen and oxygen atoms in total. The normalized spacial score (nSPS) is 9.94. The number of hydrogen-bond acceptors (Lipinski definition) is 3. The van der Waals surface area contributed by atoms with Crippen molar-refractivity contribution >= 4 is 12.0 Å². The summed E-state index contributed by atoms with van der Waals surface area (Å²) in [6.45, 7) is 1.06. The molecule has 102 valence electrons. The number of rotatable bonds is 7. The number of amides is 2. The SMILES string of the molecule is C#CCN(CC(=O)O)C(=O)N(C)CCCN(C)C. The van der Waals surface area contributed by atoms with E-state index in [0.29, 0.717) is 6.54 Å². The summed E-state index contributed by atoms with van der Waals surface area (Å²) in [6, 6.07) is -0.353. The molecule has 0 fully saturated rings. The summed E-state index contributed by atoms with van der Waals surface area (Å²) in [5.74, 6) is 1.22. The molecule has 0 bridgehead atoms. The number of urea groups is 1. The van der Waals surface area contributed by atoms with Gasteiger partial charge in [0.15, 0.2) is 0 Å². The Morgan fingerprint density at radius 2 is 1.83 bits per heavy atom. The minimum absolute atomic E-state index is 0.00313. The van der Waals surface area contributed by atoms with E-state index in [9.17, 15) is 9.59 Å². The van der Waals surface area contributed by atoms with Gasteiger partial charge in [0.2, 0.25) is 0 Å². The summed E-state index contributed by atoms with van der Waals surface area (Å²) < 4.78 is 0. The molecule has 6 heteroatoms. The standard InChI is InChI=1S/C12H21N3O3/c1-5-7-15(10-11(16)17)12(18)14(4)9-6-8-13(2)3/h1H,6-10H2,2-4H3,(H,16,17). The number of nitrogens with zero attached hydrogens (tertiary/aromatic N) is 3. The predicted molar refractivity (Wildman–Crippen MR) is 69.2 cm³/mol. The summed E-state index contributed by atoms with van der Waals surface area (Å²) in [7, 11) is 5.55. The molecule has 18 heavy (non-hydrogen) atoms. The molecular weight excluding hydrogens is 234 g/mol. The molecule has 0 spiro atoms. The van der Waals surface area contributed by atoms with Crippen molar-refractivity contribution in [2.45, 2.75) is 6.42 Å². The smallest absolute Gasteiger partial charge is 0.323 e. The van der Waals surface area contributed by atoms with Crippen molar-refractivity contribution in [3.05, 3.63) is 0 Å². The molecule has 0 aromatic rings. The second kappa shape index (κ2) is 8.37. The number of terminal acetylenes is 1. The van der Waals surface area contributed by atoms with Gasteiger partial charge >= 0.3 is 12.0 Å². The Balaban J connectivity index is 4.29. The molecule has 0 unspecified atom stereocenters. The topological polar surface area (TPSA) is 64.1 Å². The molecule has 1 N–H and O–H groups in total. The molecule has 0 aliphatic rings. The van der Waals surface area contributed by atoms with Crippen LogP contribution in [0.2, 0.25) is 0 Å². The van der Waals surface area contributed by atoms with Crippen LogP contribution in [0.1, 0.15) is 6.42 Å². The van der Waals surface area contributed by atoms with Crippen LogP contribution < -0.4 is 0 Å². The fraction of sp³-hybridized carbons (Fsp3) is 0.667. The monoisotopic (exact) mass is 255 g/mol. The van der Waals surface area contributed by atoms with Gasteiger partial charge in [-0.3, -0.25) is 4.79 Å². The van der Waals surface area contributed by atoms with Gasteiger partial charge in [0.1, 0.15) is 6.54 Å². The van der Waals surface area contributed by atoms with E-state index in [-0.39, 0.29) is 19.1 Å². The third-order valence-corrected chi connectivity index (χ3v) is 2.30. The predicted octanol–water partition coefficient (Wildman–Crippen LogP) is 0.00970. The summed E-state index contributed by atoms with van der Waals surface area (Å²) in [5, 5.41) is 8.70. The van der Waals surface area contributed by atoms with Crippen molar-refractivity contribution in [1.29, 1.82) is 0 Å². The molecule has 0 aliphatic heterocycles. The lowest BCUT2D eigenvalue weighted by Crippen LogP contribution is -2.44. The molecular formula is C12H21N3O3. The van der Waals surface area contributed by atoms with E-state index in [2.05, 4.69) is 5.92 Å². The van der Waals surface area contributed by atoms with E-state index >= 15 is 0 Å². The van der Waals surface area contributed by atoms with Gasteiger partial charge in [-0.2, -0.15) is 0 Å². The highest BCUT2D eigenvalue weighted by Crippen LogP contribution is 1.98. The van der Waals surface area contributed by atoms with Crippen molar-refractivity contribution in [1.82, 2.24) is 14.7 Å². The summed E-state index contributed by atoms with van der Waals surface area (Å²) in [4.78, 5) is 27.2. The van der Waals surface area contributed by atoms with Crippen LogP contribution in [0.4, 0.5) is 4.79 Å². The minimum Gasteiger partial charge on any atom is -0.480 e. The first kappa shape index (κ1) is 16.3. The number of carboxylic acid groups (broad SMARTS) is 1. The molecule has 0 heterocycles. The van der Waals surface area contributed by atoms with Gasteiger partial charge in [0, 0.05) is 13.6 Å². The Morgan fingerprint density at radius 1 is 1.22 bits per heavy atom. The third kappa shape index (κ3) is 6.76. The first-order valence-electron chi connectivity index (χ1n) is 5.68. The maximum Gasteiger partial charge on any atom is 0.323 e. The lowest BCUT2D eigenvalue weighted by molar-refractivity contribution is -0.137. The Hall–Kier alpha value is -1.74. The molecule has 0 aromatic carbocycles. The van der Waals surface area contributed by atoms with Gasteiger partial charge in [-0.05, 0) is 27.1 Å². The number of carbonyl (C=O) groups excluding carboxylic acids is 1. The summed E-state index contributed by atoms with van der Waals surface area (Å²) in [5.41, 5.74) is 0. The average molecular weight is 255 g/mol. The van der Waals surface area contributed by atoms with E-state index in [0.717, 1.165) is 17.9 Å². The molecule has 2 amide bonds. The van der Waals surface area contributed by atoms with E-state index in [1.54, 1.807) is 7.05 Å². The van der Waals surface area contributed by atoms with Crippen LogP contribution in [0.15, 0.2) is 0 Å². The van der Waals surface area contributed by atoms with E-state index in [1.807, 2.05) is 19.0 Å². The molecule has 0 radical (unpaired) electrons. The van der Waals surface area contributed by atoms with Crippen LogP contribution >= 0.6 is 0 Å². The zero-order valence-corrected chi connectivity index (χ0v) is 11.2. The van der Waals surface area contributed by atoms with Gasteiger partial charge in [-0.15, -0.1) is 6.42 Å². The second-order valence-electron chi connectivity index (χ2n) is 4.31. The number of carboxylic acids is 1. The third-order valence-electron chi connectivity index (χ3n) is 2.30. The van der Waals surface area contributed by atoms with E-state index in [1.165, 1.54) is 4.90 Å². The van der Waals surface area contributed by atoms with Crippen LogP contribution in [0.3, 0.4) is 0 Å². The number of hydrogen-bond donors (Lipinski definition) is 1. The van der Waals surface area contributed by atoms with Crippen molar-refractivity contribution in [3.8, 4) is 12.3 Å². The highest BCUT2D eigenvalue weighted by molar-refractivity contribution is 5.80. The average Bonchev–Trinajstić information content (AvgIpc) is 2.26. The van der Waals surface area contributed by atoms with Crippen molar-refractivity contribution in [3.63, 3.8) is 0 Å². The summed E-state index contributed by atoms with van der Waals surface area (Å²) in [6.07, 6.45) is 5.95. The second-order valence-corrected chi connectivity index (χ2v) is 4.31. The van der Waals surface area contributed by atoms with Crippen LogP contribution in [-0.4, -0.2) is 79.1 Å². The molecule has 0 aromatic heterocycles.